The lowest BCUT2D eigenvalue weighted by atomic mass is 9.86. The van der Waals surface area contributed by atoms with E-state index in [1.807, 2.05) is 54.6 Å². The summed E-state index contributed by atoms with van der Waals surface area (Å²) >= 11 is 0. The Morgan fingerprint density at radius 1 is 0.950 bits per heavy atom. The number of para-hydroxylation sites is 1. The number of hydrogen-bond donors (Lipinski definition) is 0. The third-order valence-electron chi connectivity index (χ3n) is 3.19. The molecule has 0 unspecified atom stereocenters. The summed E-state index contributed by atoms with van der Waals surface area (Å²) in [5, 5.41) is 0. The van der Waals surface area contributed by atoms with Crippen LogP contribution in [0.5, 0.6) is 5.75 Å². The van der Waals surface area contributed by atoms with Gasteiger partial charge in [0.15, 0.2) is 12.4 Å². The van der Waals surface area contributed by atoms with E-state index in [9.17, 15) is 4.79 Å². The maximum atomic E-state index is 12.1. The fraction of sp³-hybridized carbons (Fsp3) is 0.278. The molecule has 2 aromatic rings. The first-order valence-electron chi connectivity index (χ1n) is 6.78. The van der Waals surface area contributed by atoms with Gasteiger partial charge >= 0.3 is 0 Å². The Balaban J connectivity index is 1.99. The Morgan fingerprint density at radius 3 is 2.10 bits per heavy atom. The van der Waals surface area contributed by atoms with E-state index < -0.39 is 0 Å². The van der Waals surface area contributed by atoms with E-state index in [4.69, 9.17) is 4.74 Å². The molecule has 2 aromatic carbocycles. The molecule has 0 aliphatic heterocycles. The molecule has 0 N–H and O–H groups in total. The van der Waals surface area contributed by atoms with Crippen LogP contribution in [0.15, 0.2) is 54.6 Å². The van der Waals surface area contributed by atoms with Crippen LogP contribution in [0, 0.1) is 0 Å². The van der Waals surface area contributed by atoms with Gasteiger partial charge in [-0.15, -0.1) is 0 Å². The number of carbonyl (C=O) groups is 1. The highest BCUT2D eigenvalue weighted by molar-refractivity contribution is 5.97. The minimum absolute atomic E-state index is 0.00527. The van der Waals surface area contributed by atoms with Gasteiger partial charge in [-0.25, -0.2) is 0 Å². The van der Waals surface area contributed by atoms with Gasteiger partial charge < -0.3 is 4.74 Å². The van der Waals surface area contributed by atoms with Crippen molar-refractivity contribution in [3.8, 4) is 5.75 Å². The van der Waals surface area contributed by atoms with Gasteiger partial charge in [-0.1, -0.05) is 63.2 Å². The molecule has 0 spiro atoms. The van der Waals surface area contributed by atoms with E-state index in [1.165, 1.54) is 5.56 Å². The number of benzene rings is 2. The first-order chi connectivity index (χ1) is 9.47. The van der Waals surface area contributed by atoms with Gasteiger partial charge in [0.25, 0.3) is 0 Å². The summed E-state index contributed by atoms with van der Waals surface area (Å²) in [6, 6.07) is 17.1. The molecule has 0 amide bonds. The molecule has 0 aromatic heterocycles. The Morgan fingerprint density at radius 2 is 1.55 bits per heavy atom. The summed E-state index contributed by atoms with van der Waals surface area (Å²) in [5.41, 5.74) is 2.01. The fourth-order valence-electron chi connectivity index (χ4n) is 1.91. The van der Waals surface area contributed by atoms with Gasteiger partial charge in [-0.3, -0.25) is 4.79 Å². The average Bonchev–Trinajstić information content (AvgIpc) is 2.45. The number of Topliss-reactive ketones (excluding diaryl/α,β-unsaturated/α-hetero) is 1. The second-order valence-electron chi connectivity index (χ2n) is 5.85. The van der Waals surface area contributed by atoms with Crippen molar-refractivity contribution in [2.24, 2.45) is 0 Å². The van der Waals surface area contributed by atoms with Crippen LogP contribution >= 0.6 is 0 Å². The second kappa shape index (κ2) is 5.91. The highest BCUT2D eigenvalue weighted by Crippen LogP contribution is 2.22. The van der Waals surface area contributed by atoms with Crippen LogP contribution in [0.25, 0.3) is 0 Å². The van der Waals surface area contributed by atoms with Crippen molar-refractivity contribution >= 4 is 5.78 Å². The standard InChI is InChI=1S/C18H20O2/c1-18(2,3)15-11-9-14(10-12-15)17(19)13-20-16-7-5-4-6-8-16/h4-12H,13H2,1-3H3. The Kier molecular flexibility index (Phi) is 4.23. The normalized spacial score (nSPS) is 11.2. The maximum Gasteiger partial charge on any atom is 0.200 e. The minimum atomic E-state index is -0.00527. The van der Waals surface area contributed by atoms with Gasteiger partial charge in [0, 0.05) is 5.56 Å². The van der Waals surface area contributed by atoms with Crippen molar-refractivity contribution in [3.63, 3.8) is 0 Å². The summed E-state index contributed by atoms with van der Waals surface area (Å²) in [6.07, 6.45) is 0. The van der Waals surface area contributed by atoms with Gasteiger partial charge in [0.1, 0.15) is 5.75 Å². The largest absolute Gasteiger partial charge is 0.485 e. The SMILES string of the molecule is CC(C)(C)c1ccc(C(=O)COc2ccccc2)cc1. The zero-order chi connectivity index (χ0) is 14.6. The van der Waals surface area contributed by atoms with Crippen LogP contribution in [-0.2, 0) is 5.41 Å². The molecule has 0 saturated heterocycles. The summed E-state index contributed by atoms with van der Waals surface area (Å²) < 4.78 is 5.47. The number of ether oxygens (including phenoxy) is 1. The predicted molar refractivity (Wildman–Crippen MR) is 81.4 cm³/mol. The third-order valence-corrected chi connectivity index (χ3v) is 3.19. The van der Waals surface area contributed by atoms with E-state index in [2.05, 4.69) is 20.8 Å². The van der Waals surface area contributed by atoms with Crippen LogP contribution in [0.4, 0.5) is 0 Å². The summed E-state index contributed by atoms with van der Waals surface area (Å²) in [7, 11) is 0. The molecule has 0 heterocycles. The summed E-state index contributed by atoms with van der Waals surface area (Å²) in [5.74, 6) is 0.710. The number of ketones is 1. The molecule has 20 heavy (non-hydrogen) atoms. The van der Waals surface area contributed by atoms with Crippen LogP contribution < -0.4 is 4.74 Å². The molecule has 2 heteroatoms. The predicted octanol–water partition coefficient (Wildman–Crippen LogP) is 4.25. The molecular weight excluding hydrogens is 248 g/mol. The van der Waals surface area contributed by atoms with Crippen LogP contribution in [0.3, 0.4) is 0 Å². The molecular formula is C18H20O2. The van der Waals surface area contributed by atoms with Crippen LogP contribution in [0.2, 0.25) is 0 Å². The first kappa shape index (κ1) is 14.3. The number of hydrogen-bond acceptors (Lipinski definition) is 2. The molecule has 104 valence electrons. The molecule has 0 fully saturated rings. The molecule has 0 aliphatic carbocycles. The van der Waals surface area contributed by atoms with Crippen LogP contribution in [-0.4, -0.2) is 12.4 Å². The Bertz CT molecular complexity index is 563. The summed E-state index contributed by atoms with van der Waals surface area (Å²) in [6.45, 7) is 6.53. The van der Waals surface area contributed by atoms with Crippen molar-refractivity contribution in [3.05, 3.63) is 65.7 Å². The maximum absolute atomic E-state index is 12.1. The van der Waals surface area contributed by atoms with Gasteiger partial charge in [-0.2, -0.15) is 0 Å². The Labute approximate surface area is 120 Å². The van der Waals surface area contributed by atoms with Crippen molar-refractivity contribution in [1.82, 2.24) is 0 Å². The van der Waals surface area contributed by atoms with E-state index in [0.717, 1.165) is 0 Å². The topological polar surface area (TPSA) is 26.3 Å². The zero-order valence-electron chi connectivity index (χ0n) is 12.2. The van der Waals surface area contributed by atoms with Gasteiger partial charge in [-0.05, 0) is 23.1 Å². The molecule has 0 aliphatic rings. The first-order valence-corrected chi connectivity index (χ1v) is 6.78. The highest BCUT2D eigenvalue weighted by Gasteiger charge is 2.14. The van der Waals surface area contributed by atoms with Crippen LogP contribution in [0.1, 0.15) is 36.7 Å². The highest BCUT2D eigenvalue weighted by atomic mass is 16.5. The third kappa shape index (κ3) is 3.70. The van der Waals surface area contributed by atoms with Crippen molar-refractivity contribution in [2.45, 2.75) is 26.2 Å². The zero-order valence-corrected chi connectivity index (χ0v) is 12.2. The van der Waals surface area contributed by atoms with Crippen molar-refractivity contribution < 1.29 is 9.53 Å². The smallest absolute Gasteiger partial charge is 0.200 e. The quantitative estimate of drug-likeness (QED) is 0.775. The number of carbonyl (C=O) groups excluding carboxylic acids is 1. The fourth-order valence-corrected chi connectivity index (χ4v) is 1.91. The van der Waals surface area contributed by atoms with E-state index >= 15 is 0 Å². The average molecular weight is 268 g/mol. The van der Waals surface area contributed by atoms with Gasteiger partial charge in [0.2, 0.25) is 0 Å². The van der Waals surface area contributed by atoms with Gasteiger partial charge in [0.05, 0.1) is 0 Å². The lowest BCUT2D eigenvalue weighted by Gasteiger charge is -2.19. The van der Waals surface area contributed by atoms with E-state index in [1.54, 1.807) is 0 Å². The Hall–Kier alpha value is -2.09. The lowest BCUT2D eigenvalue weighted by molar-refractivity contribution is 0.0921. The molecule has 0 saturated carbocycles. The minimum Gasteiger partial charge on any atom is -0.485 e. The number of rotatable bonds is 4. The second-order valence-corrected chi connectivity index (χ2v) is 5.85. The van der Waals surface area contributed by atoms with Crippen molar-refractivity contribution in [2.75, 3.05) is 6.61 Å². The molecule has 0 bridgehead atoms. The summed E-state index contributed by atoms with van der Waals surface area (Å²) in [4.78, 5) is 12.1. The molecule has 0 radical (unpaired) electrons. The molecule has 2 nitrogen and oxygen atoms in total. The molecule has 2 rings (SSSR count). The lowest BCUT2D eigenvalue weighted by Crippen LogP contribution is -2.14. The monoisotopic (exact) mass is 268 g/mol. The van der Waals surface area contributed by atoms with E-state index in [-0.39, 0.29) is 17.8 Å². The molecule has 0 atom stereocenters. The van der Waals surface area contributed by atoms with Crippen molar-refractivity contribution in [1.29, 1.82) is 0 Å². The van der Waals surface area contributed by atoms with E-state index in [0.29, 0.717) is 11.3 Å².